The van der Waals surface area contributed by atoms with Crippen LogP contribution in [-0.2, 0) is 11.3 Å². The molecule has 1 aromatic heterocycles. The Balaban J connectivity index is 1.99. The third kappa shape index (κ3) is 4.44. The number of nitrogens with zero attached hydrogens (tertiary/aromatic N) is 1. The zero-order chi connectivity index (χ0) is 13.5. The van der Waals surface area contributed by atoms with Gasteiger partial charge in [-0.2, -0.15) is 0 Å². The molecule has 0 aliphatic heterocycles. The second-order valence-corrected chi connectivity index (χ2v) is 5.13. The fourth-order valence-electron chi connectivity index (χ4n) is 2.58. The lowest BCUT2D eigenvalue weighted by Crippen LogP contribution is -2.23. The Hall–Kier alpha value is -1.20. The maximum Gasteiger partial charge on any atom is 0.251 e. The van der Waals surface area contributed by atoms with Gasteiger partial charge in [-0.3, -0.25) is 4.79 Å². The topological polar surface area (TPSA) is 67.0 Å². The van der Waals surface area contributed by atoms with Crippen LogP contribution in [0.25, 0.3) is 0 Å². The number of aromatic amines is 1. The Morgan fingerprint density at radius 1 is 1.42 bits per heavy atom. The highest BCUT2D eigenvalue weighted by molar-refractivity contribution is 5.06. The summed E-state index contributed by atoms with van der Waals surface area (Å²) >= 11 is 0. The molecule has 19 heavy (non-hydrogen) atoms. The van der Waals surface area contributed by atoms with E-state index in [9.17, 15) is 4.79 Å². The Labute approximate surface area is 113 Å². The molecule has 1 aliphatic rings. The van der Waals surface area contributed by atoms with Gasteiger partial charge in [0, 0.05) is 32.2 Å². The Bertz CT molecular complexity index is 439. The number of hydrogen-bond acceptors (Lipinski definition) is 4. The van der Waals surface area contributed by atoms with Crippen molar-refractivity contribution in [2.24, 2.45) is 0 Å². The first-order valence-corrected chi connectivity index (χ1v) is 7.09. The van der Waals surface area contributed by atoms with E-state index in [1.54, 1.807) is 13.2 Å². The second-order valence-electron chi connectivity index (χ2n) is 5.13. The smallest absolute Gasteiger partial charge is 0.251 e. The lowest BCUT2D eigenvalue weighted by Gasteiger charge is -2.20. The minimum absolute atomic E-state index is 0.0425. The van der Waals surface area contributed by atoms with Gasteiger partial charge in [-0.15, -0.1) is 0 Å². The largest absolute Gasteiger partial charge is 0.383 e. The molecule has 2 rings (SSSR count). The summed E-state index contributed by atoms with van der Waals surface area (Å²) in [6.45, 7) is 2.05. The van der Waals surface area contributed by atoms with Gasteiger partial charge in [-0.1, -0.05) is 19.3 Å². The van der Waals surface area contributed by atoms with Gasteiger partial charge in [0.05, 0.1) is 12.3 Å². The average Bonchev–Trinajstić information content (AvgIpc) is 2.44. The standard InChI is InChI=1S/C14H23N3O2/c1-19-8-7-15-10-12-9-13(18)17-14(16-12)11-5-3-2-4-6-11/h9,11,15H,2-8,10H2,1H3,(H,16,17,18). The Morgan fingerprint density at radius 2 is 2.21 bits per heavy atom. The van der Waals surface area contributed by atoms with Crippen molar-refractivity contribution in [1.29, 1.82) is 0 Å². The lowest BCUT2D eigenvalue weighted by molar-refractivity contribution is 0.199. The number of methoxy groups -OCH3 is 1. The van der Waals surface area contributed by atoms with Crippen molar-refractivity contribution in [3.8, 4) is 0 Å². The summed E-state index contributed by atoms with van der Waals surface area (Å²) in [4.78, 5) is 19.2. The second kappa shape index (κ2) is 7.40. The molecule has 0 unspecified atom stereocenters. The molecule has 0 amide bonds. The molecule has 2 N–H and O–H groups in total. The first-order valence-electron chi connectivity index (χ1n) is 7.09. The summed E-state index contributed by atoms with van der Waals surface area (Å²) in [5.74, 6) is 1.30. The third-order valence-corrected chi connectivity index (χ3v) is 3.59. The Morgan fingerprint density at radius 3 is 2.95 bits per heavy atom. The van der Waals surface area contributed by atoms with E-state index in [4.69, 9.17) is 4.74 Å². The molecule has 5 heteroatoms. The van der Waals surface area contributed by atoms with E-state index in [1.807, 2.05) is 0 Å². The number of nitrogens with one attached hydrogen (secondary N) is 2. The summed E-state index contributed by atoms with van der Waals surface area (Å²) in [6, 6.07) is 1.58. The molecular formula is C14H23N3O2. The van der Waals surface area contributed by atoms with Gasteiger partial charge in [0.15, 0.2) is 0 Å². The molecule has 0 atom stereocenters. The summed E-state index contributed by atoms with van der Waals surface area (Å²) in [6.07, 6.45) is 6.07. The van der Waals surface area contributed by atoms with Crippen molar-refractivity contribution in [2.45, 2.75) is 44.6 Å². The number of ether oxygens (including phenoxy) is 1. The summed E-state index contributed by atoms with van der Waals surface area (Å²) in [7, 11) is 1.67. The molecule has 0 bridgehead atoms. The zero-order valence-electron chi connectivity index (χ0n) is 11.6. The van der Waals surface area contributed by atoms with E-state index in [0.717, 1.165) is 30.9 Å². The molecule has 0 radical (unpaired) electrons. The van der Waals surface area contributed by atoms with Gasteiger partial charge in [-0.05, 0) is 12.8 Å². The highest BCUT2D eigenvalue weighted by Gasteiger charge is 2.18. The fraction of sp³-hybridized carbons (Fsp3) is 0.714. The minimum atomic E-state index is -0.0425. The quantitative estimate of drug-likeness (QED) is 0.766. The van der Waals surface area contributed by atoms with Crippen LogP contribution in [0, 0.1) is 0 Å². The van der Waals surface area contributed by atoms with E-state index in [-0.39, 0.29) is 5.56 Å². The van der Waals surface area contributed by atoms with Gasteiger partial charge in [-0.25, -0.2) is 4.98 Å². The first-order chi connectivity index (χ1) is 9.29. The maximum absolute atomic E-state index is 11.7. The predicted molar refractivity (Wildman–Crippen MR) is 74.3 cm³/mol. The molecule has 0 aromatic carbocycles. The van der Waals surface area contributed by atoms with Crippen LogP contribution in [-0.4, -0.2) is 30.2 Å². The van der Waals surface area contributed by atoms with Gasteiger partial charge in [0.1, 0.15) is 5.82 Å². The van der Waals surface area contributed by atoms with Crippen LogP contribution in [0.3, 0.4) is 0 Å². The molecule has 106 valence electrons. The van der Waals surface area contributed by atoms with Crippen LogP contribution < -0.4 is 10.9 Å². The highest BCUT2D eigenvalue weighted by atomic mass is 16.5. The number of H-pyrrole nitrogens is 1. The van der Waals surface area contributed by atoms with Gasteiger partial charge >= 0.3 is 0 Å². The molecule has 0 spiro atoms. The number of hydrogen-bond donors (Lipinski definition) is 2. The zero-order valence-corrected chi connectivity index (χ0v) is 11.6. The van der Waals surface area contributed by atoms with E-state index < -0.39 is 0 Å². The minimum Gasteiger partial charge on any atom is -0.383 e. The summed E-state index contributed by atoms with van der Waals surface area (Å²) < 4.78 is 4.97. The van der Waals surface area contributed by atoms with E-state index in [2.05, 4.69) is 15.3 Å². The molecule has 1 aromatic rings. The van der Waals surface area contributed by atoms with Crippen LogP contribution in [0.1, 0.15) is 49.5 Å². The van der Waals surface area contributed by atoms with E-state index in [1.165, 1.54) is 19.3 Å². The third-order valence-electron chi connectivity index (χ3n) is 3.59. The van der Waals surface area contributed by atoms with Crippen molar-refractivity contribution < 1.29 is 4.74 Å². The SMILES string of the molecule is COCCNCc1cc(=O)[nH]c(C2CCCCC2)n1. The molecule has 0 saturated heterocycles. The number of rotatable bonds is 6. The maximum atomic E-state index is 11.7. The highest BCUT2D eigenvalue weighted by Crippen LogP contribution is 2.29. The Kier molecular flexibility index (Phi) is 5.54. The van der Waals surface area contributed by atoms with E-state index in [0.29, 0.717) is 19.1 Å². The van der Waals surface area contributed by atoms with Crippen molar-refractivity contribution in [2.75, 3.05) is 20.3 Å². The van der Waals surface area contributed by atoms with Gasteiger partial charge in [0.2, 0.25) is 0 Å². The van der Waals surface area contributed by atoms with Crippen molar-refractivity contribution >= 4 is 0 Å². The lowest BCUT2D eigenvalue weighted by atomic mass is 9.88. The number of aromatic nitrogens is 2. The molecule has 5 nitrogen and oxygen atoms in total. The first kappa shape index (κ1) is 14.2. The molecule has 1 fully saturated rings. The fourth-order valence-corrected chi connectivity index (χ4v) is 2.58. The van der Waals surface area contributed by atoms with Gasteiger partial charge in [0.25, 0.3) is 5.56 Å². The van der Waals surface area contributed by atoms with Crippen molar-refractivity contribution in [3.05, 3.63) is 27.9 Å². The normalized spacial score (nSPS) is 16.7. The van der Waals surface area contributed by atoms with Crippen LogP contribution in [0.15, 0.2) is 10.9 Å². The molecular weight excluding hydrogens is 242 g/mol. The van der Waals surface area contributed by atoms with Crippen LogP contribution in [0.2, 0.25) is 0 Å². The summed E-state index contributed by atoms with van der Waals surface area (Å²) in [5.41, 5.74) is 0.777. The monoisotopic (exact) mass is 265 g/mol. The van der Waals surface area contributed by atoms with Crippen LogP contribution >= 0.6 is 0 Å². The molecule has 1 saturated carbocycles. The van der Waals surface area contributed by atoms with E-state index >= 15 is 0 Å². The van der Waals surface area contributed by atoms with Crippen molar-refractivity contribution in [1.82, 2.24) is 15.3 Å². The predicted octanol–water partition coefficient (Wildman–Crippen LogP) is 1.55. The molecule has 1 heterocycles. The molecule has 1 aliphatic carbocycles. The summed E-state index contributed by atoms with van der Waals surface area (Å²) in [5, 5.41) is 3.22. The average molecular weight is 265 g/mol. The van der Waals surface area contributed by atoms with Crippen LogP contribution in [0.5, 0.6) is 0 Å². The van der Waals surface area contributed by atoms with Gasteiger partial charge < -0.3 is 15.0 Å². The van der Waals surface area contributed by atoms with Crippen molar-refractivity contribution in [3.63, 3.8) is 0 Å². The van der Waals surface area contributed by atoms with Crippen LogP contribution in [0.4, 0.5) is 0 Å².